The fourth-order valence-electron chi connectivity index (χ4n) is 3.14. The molecule has 3 rings (SSSR count). The highest BCUT2D eigenvalue weighted by Crippen LogP contribution is 2.22. The third-order valence-electron chi connectivity index (χ3n) is 4.59. The van der Waals surface area contributed by atoms with Crippen LogP contribution in [-0.4, -0.2) is 72.4 Å². The normalized spacial score (nSPS) is 14.7. The van der Waals surface area contributed by atoms with Crippen molar-refractivity contribution in [1.82, 2.24) is 20.2 Å². The lowest BCUT2D eigenvalue weighted by Gasteiger charge is -2.25. The third-order valence-corrected chi connectivity index (χ3v) is 4.79. The first-order valence-electron chi connectivity index (χ1n) is 10.2. The molecule has 2 heterocycles. The number of guanidine groups is 1. The fraction of sp³-hybridized carbons (Fsp3) is 0.429. The van der Waals surface area contributed by atoms with Crippen LogP contribution >= 0.6 is 12.2 Å². The lowest BCUT2D eigenvalue weighted by Crippen LogP contribution is -2.41. The second-order valence-electron chi connectivity index (χ2n) is 7.06. The van der Waals surface area contributed by atoms with Gasteiger partial charge in [0.25, 0.3) is 0 Å². The van der Waals surface area contributed by atoms with Crippen molar-refractivity contribution in [2.24, 2.45) is 4.99 Å². The van der Waals surface area contributed by atoms with E-state index >= 15 is 0 Å². The van der Waals surface area contributed by atoms with Gasteiger partial charge in [-0.3, -0.25) is 15.2 Å². The van der Waals surface area contributed by atoms with Gasteiger partial charge in [0.15, 0.2) is 5.11 Å². The Morgan fingerprint density at radius 1 is 1.16 bits per heavy atom. The van der Waals surface area contributed by atoms with Crippen LogP contribution in [0.25, 0.3) is 0 Å². The van der Waals surface area contributed by atoms with Gasteiger partial charge in [-0.2, -0.15) is 0 Å². The van der Waals surface area contributed by atoms with Crippen LogP contribution in [0.4, 0.5) is 11.6 Å². The number of aliphatic imine (C=N–C) groups is 1. The molecule has 1 aromatic carbocycles. The number of morpholine rings is 1. The summed E-state index contributed by atoms with van der Waals surface area (Å²) in [7, 11) is 1.62. The molecular weight excluding hydrogens is 414 g/mol. The number of rotatable bonds is 6. The van der Waals surface area contributed by atoms with Crippen molar-refractivity contribution in [2.75, 3.05) is 57.1 Å². The molecule has 1 aliphatic heterocycles. The Morgan fingerprint density at radius 3 is 2.58 bits per heavy atom. The second kappa shape index (κ2) is 11.5. The summed E-state index contributed by atoms with van der Waals surface area (Å²) in [5.41, 5.74) is 2.51. The largest absolute Gasteiger partial charge is 0.495 e. The maximum absolute atomic E-state index is 5.50. The van der Waals surface area contributed by atoms with Gasteiger partial charge in [0.05, 0.1) is 32.6 Å². The maximum Gasteiger partial charge on any atom is 0.229 e. The summed E-state index contributed by atoms with van der Waals surface area (Å²) >= 11 is 5.50. The number of ether oxygens (including phenoxy) is 2. The standard InChI is InChI=1S/C21H29N7O2S/c1-15-14-16(2)24-20(23-15)26-19(22-8-9-28-10-12-30-13-11-28)27-21(31)25-17-6-4-5-7-18(17)29-3/h4-7,14H,8-13H2,1-3H3,(H3,22,23,24,25,26,27,31). The minimum absolute atomic E-state index is 0.381. The molecule has 1 fully saturated rings. The number of para-hydroxylation sites is 2. The zero-order valence-corrected chi connectivity index (χ0v) is 19.0. The van der Waals surface area contributed by atoms with Crippen LogP contribution in [-0.2, 0) is 4.74 Å². The summed E-state index contributed by atoms with van der Waals surface area (Å²) in [4.78, 5) is 15.9. The molecule has 0 aliphatic carbocycles. The van der Waals surface area contributed by atoms with Gasteiger partial charge in [-0.15, -0.1) is 0 Å². The van der Waals surface area contributed by atoms with E-state index < -0.39 is 0 Å². The topological polar surface area (TPSA) is 95.9 Å². The predicted molar refractivity (Wildman–Crippen MR) is 127 cm³/mol. The minimum Gasteiger partial charge on any atom is -0.495 e. The van der Waals surface area contributed by atoms with Crippen LogP contribution in [0, 0.1) is 13.8 Å². The SMILES string of the molecule is COc1ccccc1NC(=S)NC(=NCCN1CCOCC1)Nc1nc(C)cc(C)n1. The molecule has 0 unspecified atom stereocenters. The number of nitrogens with one attached hydrogen (secondary N) is 3. The zero-order chi connectivity index (χ0) is 22.1. The molecule has 2 aromatic rings. The van der Waals surface area contributed by atoms with Gasteiger partial charge in [-0.05, 0) is 44.3 Å². The Labute approximate surface area is 188 Å². The monoisotopic (exact) mass is 443 g/mol. The second-order valence-corrected chi connectivity index (χ2v) is 7.47. The molecular formula is C21H29N7O2S. The third kappa shape index (κ3) is 7.42. The minimum atomic E-state index is 0.381. The van der Waals surface area contributed by atoms with Crippen LogP contribution in [0.2, 0.25) is 0 Å². The predicted octanol–water partition coefficient (Wildman–Crippen LogP) is 2.19. The van der Waals surface area contributed by atoms with Gasteiger partial charge < -0.3 is 20.1 Å². The number of thiocarbonyl (C=S) groups is 1. The van der Waals surface area contributed by atoms with Crippen LogP contribution in [0.1, 0.15) is 11.4 Å². The molecule has 0 radical (unpaired) electrons. The lowest BCUT2D eigenvalue weighted by molar-refractivity contribution is 0.0394. The summed E-state index contributed by atoms with van der Waals surface area (Å²) in [6.45, 7) is 8.63. The average molecular weight is 444 g/mol. The van der Waals surface area contributed by atoms with E-state index in [-0.39, 0.29) is 0 Å². The Kier molecular flexibility index (Phi) is 8.51. The highest BCUT2D eigenvalue weighted by Gasteiger charge is 2.11. The Balaban J connectivity index is 1.69. The smallest absolute Gasteiger partial charge is 0.229 e. The van der Waals surface area contributed by atoms with Crippen molar-refractivity contribution in [3.05, 3.63) is 41.7 Å². The molecule has 0 spiro atoms. The number of anilines is 2. The maximum atomic E-state index is 5.50. The van der Waals surface area contributed by atoms with Crippen LogP contribution in [0.15, 0.2) is 35.3 Å². The number of aromatic nitrogens is 2. The van der Waals surface area contributed by atoms with Crippen LogP contribution in [0.3, 0.4) is 0 Å². The van der Waals surface area contributed by atoms with E-state index in [4.69, 9.17) is 21.7 Å². The first-order valence-corrected chi connectivity index (χ1v) is 10.6. The molecule has 0 amide bonds. The highest BCUT2D eigenvalue weighted by molar-refractivity contribution is 7.80. The Morgan fingerprint density at radius 2 is 1.87 bits per heavy atom. The van der Waals surface area contributed by atoms with Gasteiger partial charge in [0.1, 0.15) is 5.75 Å². The molecule has 166 valence electrons. The molecule has 3 N–H and O–H groups in total. The van der Waals surface area contributed by atoms with Crippen molar-refractivity contribution < 1.29 is 9.47 Å². The van der Waals surface area contributed by atoms with Gasteiger partial charge in [-0.1, -0.05) is 12.1 Å². The highest BCUT2D eigenvalue weighted by atomic mass is 32.1. The van der Waals surface area contributed by atoms with E-state index in [1.165, 1.54) is 0 Å². The van der Waals surface area contributed by atoms with E-state index in [9.17, 15) is 0 Å². The van der Waals surface area contributed by atoms with Crippen molar-refractivity contribution in [1.29, 1.82) is 0 Å². The van der Waals surface area contributed by atoms with Gasteiger partial charge >= 0.3 is 0 Å². The molecule has 1 aromatic heterocycles. The summed E-state index contributed by atoms with van der Waals surface area (Å²) in [5.74, 6) is 1.64. The summed E-state index contributed by atoms with van der Waals surface area (Å²) in [6, 6.07) is 9.48. The first-order chi connectivity index (χ1) is 15.0. The fourth-order valence-corrected chi connectivity index (χ4v) is 3.34. The van der Waals surface area contributed by atoms with Gasteiger partial charge in [-0.25, -0.2) is 9.97 Å². The number of hydrogen-bond acceptors (Lipinski definition) is 7. The Hall–Kier alpha value is -2.82. The average Bonchev–Trinajstić information content (AvgIpc) is 2.74. The van der Waals surface area contributed by atoms with E-state index in [0.29, 0.717) is 29.3 Å². The van der Waals surface area contributed by atoms with Crippen molar-refractivity contribution in [3.8, 4) is 5.75 Å². The number of aryl methyl sites for hydroxylation is 2. The van der Waals surface area contributed by atoms with Crippen molar-refractivity contribution in [3.63, 3.8) is 0 Å². The van der Waals surface area contributed by atoms with E-state index in [1.807, 2.05) is 44.2 Å². The molecule has 0 saturated carbocycles. The zero-order valence-electron chi connectivity index (χ0n) is 18.1. The van der Waals surface area contributed by atoms with Crippen LogP contribution in [0.5, 0.6) is 5.75 Å². The van der Waals surface area contributed by atoms with Crippen LogP contribution < -0.4 is 20.7 Å². The number of benzene rings is 1. The molecule has 10 heteroatoms. The molecule has 9 nitrogen and oxygen atoms in total. The lowest BCUT2D eigenvalue weighted by atomic mass is 10.3. The Bertz CT molecular complexity index is 896. The van der Waals surface area contributed by atoms with Gasteiger partial charge in [0, 0.05) is 31.0 Å². The molecule has 1 aliphatic rings. The summed E-state index contributed by atoms with van der Waals surface area (Å²) in [5, 5.41) is 9.81. The number of nitrogens with zero attached hydrogens (tertiary/aromatic N) is 4. The molecule has 1 saturated heterocycles. The van der Waals surface area contributed by atoms with Crippen molar-refractivity contribution in [2.45, 2.75) is 13.8 Å². The first kappa shape index (κ1) is 22.9. The van der Waals surface area contributed by atoms with E-state index in [2.05, 4.69) is 35.8 Å². The molecule has 0 bridgehead atoms. The van der Waals surface area contributed by atoms with Crippen molar-refractivity contribution >= 4 is 34.9 Å². The quantitative estimate of drug-likeness (QED) is 0.353. The molecule has 31 heavy (non-hydrogen) atoms. The molecule has 0 atom stereocenters. The van der Waals surface area contributed by atoms with E-state index in [1.54, 1.807) is 7.11 Å². The summed E-state index contributed by atoms with van der Waals surface area (Å²) in [6.07, 6.45) is 0. The van der Waals surface area contributed by atoms with Gasteiger partial charge in [0.2, 0.25) is 11.9 Å². The number of methoxy groups -OCH3 is 1. The van der Waals surface area contributed by atoms with E-state index in [0.717, 1.165) is 49.9 Å². The summed E-state index contributed by atoms with van der Waals surface area (Å²) < 4.78 is 10.8. The number of hydrogen-bond donors (Lipinski definition) is 3.